The van der Waals surface area contributed by atoms with E-state index in [4.69, 9.17) is 5.11 Å². The first-order valence-electron chi connectivity index (χ1n) is 4.91. The van der Waals surface area contributed by atoms with Crippen molar-refractivity contribution in [1.29, 1.82) is 0 Å². The van der Waals surface area contributed by atoms with Crippen LogP contribution in [0.25, 0.3) is 6.08 Å². The van der Waals surface area contributed by atoms with Gasteiger partial charge in [0.25, 0.3) is 0 Å². The predicted octanol–water partition coefficient (Wildman–Crippen LogP) is 2.02. The lowest BCUT2D eigenvalue weighted by Crippen LogP contribution is -2.08. The molecule has 2 rings (SSSR count). The Morgan fingerprint density at radius 3 is 2.75 bits per heavy atom. The zero-order valence-electron chi connectivity index (χ0n) is 8.78. The lowest BCUT2D eigenvalue weighted by molar-refractivity contribution is 0.0695. The molecule has 0 saturated carbocycles. The maximum absolute atomic E-state index is 11.1. The fraction of sp³-hybridized carbons (Fsp3) is 0.154. The van der Waals surface area contributed by atoms with Crippen LogP contribution in [0.1, 0.15) is 27.0 Å². The molecule has 0 saturated heterocycles. The maximum atomic E-state index is 11.1. The van der Waals surface area contributed by atoms with Crippen LogP contribution in [-0.4, -0.2) is 17.0 Å². The van der Waals surface area contributed by atoms with Crippen molar-refractivity contribution in [3.63, 3.8) is 0 Å². The number of hydrogen-bond donors (Lipinski definition) is 1. The molecule has 0 radical (unpaired) electrons. The zero-order chi connectivity index (χ0) is 11.7. The Morgan fingerprint density at radius 1 is 1.38 bits per heavy atom. The minimum atomic E-state index is -0.933. The molecule has 16 heavy (non-hydrogen) atoms. The minimum absolute atomic E-state index is 0.318. The highest BCUT2D eigenvalue weighted by atomic mass is 16.4. The summed E-state index contributed by atoms with van der Waals surface area (Å²) < 4.78 is 0. The number of aromatic carboxylic acids is 1. The van der Waals surface area contributed by atoms with Crippen LogP contribution in [0, 0.1) is 6.92 Å². The third kappa shape index (κ3) is 1.58. The van der Waals surface area contributed by atoms with Crippen LogP contribution in [0.15, 0.2) is 23.8 Å². The summed E-state index contributed by atoms with van der Waals surface area (Å²) in [6.45, 7) is 1.77. The van der Waals surface area contributed by atoms with Gasteiger partial charge in [0.1, 0.15) is 5.94 Å². The van der Waals surface area contributed by atoms with Crippen molar-refractivity contribution in [3.8, 4) is 0 Å². The molecule has 1 aliphatic rings. The molecule has 1 aromatic carbocycles. The van der Waals surface area contributed by atoms with Gasteiger partial charge in [0.05, 0.1) is 5.56 Å². The van der Waals surface area contributed by atoms with Crippen molar-refractivity contribution < 1.29 is 14.7 Å². The molecule has 0 bridgehead atoms. The Morgan fingerprint density at radius 2 is 2.12 bits per heavy atom. The molecule has 0 fully saturated rings. The van der Waals surface area contributed by atoms with E-state index in [1.165, 1.54) is 0 Å². The summed E-state index contributed by atoms with van der Waals surface area (Å²) in [4.78, 5) is 21.7. The van der Waals surface area contributed by atoms with Gasteiger partial charge in [-0.15, -0.1) is 0 Å². The molecule has 0 unspecified atom stereocenters. The molecule has 1 aromatic rings. The number of benzene rings is 1. The summed E-state index contributed by atoms with van der Waals surface area (Å²) >= 11 is 0. The quantitative estimate of drug-likeness (QED) is 0.727. The van der Waals surface area contributed by atoms with E-state index in [0.29, 0.717) is 23.1 Å². The fourth-order valence-electron chi connectivity index (χ4n) is 1.92. The van der Waals surface area contributed by atoms with Crippen LogP contribution in [-0.2, 0) is 11.2 Å². The van der Waals surface area contributed by atoms with E-state index in [1.54, 1.807) is 25.1 Å². The largest absolute Gasteiger partial charge is 0.478 e. The molecule has 1 N–H and O–H groups in total. The summed E-state index contributed by atoms with van der Waals surface area (Å²) in [5.41, 5.74) is 3.16. The van der Waals surface area contributed by atoms with Crippen molar-refractivity contribution in [1.82, 2.24) is 0 Å². The molecular weight excluding hydrogens is 204 g/mol. The number of carbonyl (C=O) groups is 1. The monoisotopic (exact) mass is 214 g/mol. The smallest absolute Gasteiger partial charge is 0.336 e. The third-order valence-electron chi connectivity index (χ3n) is 2.72. The van der Waals surface area contributed by atoms with E-state index in [1.807, 2.05) is 12.0 Å². The van der Waals surface area contributed by atoms with Gasteiger partial charge in [0.2, 0.25) is 0 Å². The number of carboxylic acids is 1. The maximum Gasteiger partial charge on any atom is 0.336 e. The van der Waals surface area contributed by atoms with E-state index >= 15 is 0 Å². The van der Waals surface area contributed by atoms with E-state index in [2.05, 4.69) is 0 Å². The minimum Gasteiger partial charge on any atom is -0.478 e. The van der Waals surface area contributed by atoms with Crippen LogP contribution in [0.5, 0.6) is 0 Å². The first-order valence-corrected chi connectivity index (χ1v) is 4.91. The Kier molecular flexibility index (Phi) is 2.47. The highest BCUT2D eigenvalue weighted by Gasteiger charge is 2.18. The second-order valence-electron chi connectivity index (χ2n) is 3.77. The molecule has 0 aromatic heterocycles. The van der Waals surface area contributed by atoms with E-state index < -0.39 is 5.97 Å². The van der Waals surface area contributed by atoms with Gasteiger partial charge in [-0.25, -0.2) is 9.59 Å². The molecular formula is C13H10O3. The van der Waals surface area contributed by atoms with Crippen LogP contribution in [0.4, 0.5) is 0 Å². The standard InChI is InChI=1S/C13H10O3/c1-8-2-4-10-6-9(7-14)3-5-11(10)12(8)13(15)16/h2-5H,6H2,1H3,(H,15,16). The summed E-state index contributed by atoms with van der Waals surface area (Å²) in [6.07, 6.45) is 3.76. The first kappa shape index (κ1) is 10.4. The number of carboxylic acid groups (broad SMARTS) is 1. The third-order valence-corrected chi connectivity index (χ3v) is 2.72. The molecule has 0 heterocycles. The second kappa shape index (κ2) is 3.80. The summed E-state index contributed by atoms with van der Waals surface area (Å²) in [5.74, 6) is 0.908. The van der Waals surface area contributed by atoms with E-state index in [0.717, 1.165) is 11.1 Å². The lowest BCUT2D eigenvalue weighted by Gasteiger charge is -2.15. The van der Waals surface area contributed by atoms with Crippen LogP contribution >= 0.6 is 0 Å². The van der Waals surface area contributed by atoms with Crippen LogP contribution in [0.2, 0.25) is 0 Å². The van der Waals surface area contributed by atoms with Gasteiger partial charge in [-0.05, 0) is 29.7 Å². The van der Waals surface area contributed by atoms with Gasteiger partial charge in [0.15, 0.2) is 0 Å². The Balaban J connectivity index is 2.67. The van der Waals surface area contributed by atoms with Crippen LogP contribution in [0.3, 0.4) is 0 Å². The van der Waals surface area contributed by atoms with Gasteiger partial charge in [-0.2, -0.15) is 0 Å². The van der Waals surface area contributed by atoms with Crippen LogP contribution < -0.4 is 0 Å². The van der Waals surface area contributed by atoms with Crippen molar-refractivity contribution in [2.24, 2.45) is 0 Å². The highest BCUT2D eigenvalue weighted by molar-refractivity contribution is 5.95. The normalized spacial score (nSPS) is 13.2. The Labute approximate surface area is 92.7 Å². The number of allylic oxidation sites excluding steroid dienone is 2. The number of fused-ring (bicyclic) bond motifs is 1. The molecule has 0 spiro atoms. The number of rotatable bonds is 1. The average molecular weight is 214 g/mol. The molecule has 0 atom stereocenters. The SMILES string of the molecule is Cc1ccc2c(c1C(=O)O)C=CC(=C=O)C2. The molecule has 1 aliphatic carbocycles. The summed E-state index contributed by atoms with van der Waals surface area (Å²) in [5, 5.41) is 9.13. The average Bonchev–Trinajstić information content (AvgIpc) is 2.27. The van der Waals surface area contributed by atoms with Gasteiger partial charge in [0, 0.05) is 12.0 Å². The molecule has 0 aliphatic heterocycles. The van der Waals surface area contributed by atoms with Crippen molar-refractivity contribution in [3.05, 3.63) is 46.0 Å². The zero-order valence-corrected chi connectivity index (χ0v) is 8.78. The topological polar surface area (TPSA) is 54.4 Å². The number of aryl methyl sites for hydroxylation is 1. The van der Waals surface area contributed by atoms with Crippen molar-refractivity contribution in [2.45, 2.75) is 13.3 Å². The Hall–Kier alpha value is -2.12. The van der Waals surface area contributed by atoms with E-state index in [9.17, 15) is 9.59 Å². The predicted molar refractivity (Wildman–Crippen MR) is 60.1 cm³/mol. The summed E-state index contributed by atoms with van der Waals surface area (Å²) in [7, 11) is 0. The number of carbonyl (C=O) groups excluding carboxylic acids is 1. The fourth-order valence-corrected chi connectivity index (χ4v) is 1.92. The van der Waals surface area contributed by atoms with E-state index in [-0.39, 0.29) is 0 Å². The Bertz CT molecular complexity index is 547. The van der Waals surface area contributed by atoms with Gasteiger partial charge < -0.3 is 5.11 Å². The lowest BCUT2D eigenvalue weighted by atomic mass is 9.89. The first-order chi connectivity index (χ1) is 7.63. The number of hydrogen-bond acceptors (Lipinski definition) is 2. The molecule has 3 heteroatoms. The van der Waals surface area contributed by atoms with Gasteiger partial charge >= 0.3 is 5.97 Å². The highest BCUT2D eigenvalue weighted by Crippen LogP contribution is 2.26. The second-order valence-corrected chi connectivity index (χ2v) is 3.77. The molecule has 80 valence electrons. The molecule has 3 nitrogen and oxygen atoms in total. The summed E-state index contributed by atoms with van der Waals surface area (Å²) in [6, 6.07) is 3.63. The van der Waals surface area contributed by atoms with Crippen molar-refractivity contribution in [2.75, 3.05) is 0 Å². The van der Waals surface area contributed by atoms with Gasteiger partial charge in [-0.3, -0.25) is 0 Å². The van der Waals surface area contributed by atoms with Crippen molar-refractivity contribution >= 4 is 18.0 Å². The molecule has 0 amide bonds. The van der Waals surface area contributed by atoms with Gasteiger partial charge in [-0.1, -0.05) is 18.2 Å².